The lowest BCUT2D eigenvalue weighted by Gasteiger charge is -2.32. The van der Waals surface area contributed by atoms with E-state index in [0.29, 0.717) is 0 Å². The fraction of sp³-hybridized carbons (Fsp3) is 0.556. The smallest absolute Gasteiger partial charge is 0.0970 e. The van der Waals surface area contributed by atoms with Crippen molar-refractivity contribution in [1.82, 2.24) is 0 Å². The first-order valence-corrected chi connectivity index (χ1v) is 3.90. The Hall–Kier alpha value is -0.600. The molecule has 0 aromatic rings. The maximum atomic E-state index is 6.05. The van der Waals surface area contributed by atoms with Gasteiger partial charge >= 0.3 is 0 Å². The zero-order chi connectivity index (χ0) is 8.32. The summed E-state index contributed by atoms with van der Waals surface area (Å²) >= 11 is 0. The summed E-state index contributed by atoms with van der Waals surface area (Å²) in [6.45, 7) is 2.06. The van der Waals surface area contributed by atoms with Crippen LogP contribution in [0.4, 0.5) is 0 Å². The van der Waals surface area contributed by atoms with Gasteiger partial charge in [0.2, 0.25) is 0 Å². The zero-order valence-corrected chi connectivity index (χ0v) is 7.08. The van der Waals surface area contributed by atoms with Crippen molar-refractivity contribution in [1.29, 1.82) is 0 Å². The van der Waals surface area contributed by atoms with E-state index in [0.717, 1.165) is 6.42 Å². The number of ether oxygens (including phenoxy) is 1. The third kappa shape index (κ3) is 1.52. The molecular weight excluding hydrogens is 138 g/mol. The predicted octanol–water partition coefficient (Wildman–Crippen LogP) is 1.23. The van der Waals surface area contributed by atoms with Gasteiger partial charge in [-0.05, 0) is 6.42 Å². The normalized spacial score (nSPS) is 36.1. The molecule has 2 unspecified atom stereocenters. The van der Waals surface area contributed by atoms with Crippen molar-refractivity contribution in [2.45, 2.75) is 25.0 Å². The first-order valence-electron chi connectivity index (χ1n) is 3.90. The molecule has 0 saturated heterocycles. The molecule has 1 aliphatic rings. The number of methoxy groups -OCH3 is 1. The van der Waals surface area contributed by atoms with Gasteiger partial charge in [-0.1, -0.05) is 31.2 Å². The Bertz CT molecular complexity index is 186. The maximum absolute atomic E-state index is 6.05. The molecule has 0 saturated carbocycles. The van der Waals surface area contributed by atoms with Crippen LogP contribution in [0.15, 0.2) is 24.3 Å². The van der Waals surface area contributed by atoms with E-state index >= 15 is 0 Å². The van der Waals surface area contributed by atoms with E-state index < -0.39 is 0 Å². The lowest BCUT2D eigenvalue weighted by molar-refractivity contribution is 0.0879. The molecule has 0 heterocycles. The third-order valence-electron chi connectivity index (χ3n) is 2.20. The highest BCUT2D eigenvalue weighted by atomic mass is 16.5. The van der Waals surface area contributed by atoms with Crippen LogP contribution in [0.2, 0.25) is 0 Å². The van der Waals surface area contributed by atoms with Crippen LogP contribution >= 0.6 is 0 Å². The molecule has 2 heteroatoms. The molecule has 0 fully saturated rings. The van der Waals surface area contributed by atoms with E-state index in [1.54, 1.807) is 7.11 Å². The van der Waals surface area contributed by atoms with E-state index in [4.69, 9.17) is 10.5 Å². The molecule has 2 N–H and O–H groups in total. The topological polar surface area (TPSA) is 35.2 Å². The van der Waals surface area contributed by atoms with Crippen molar-refractivity contribution >= 4 is 0 Å². The lowest BCUT2D eigenvalue weighted by atomic mass is 9.87. The van der Waals surface area contributed by atoms with Gasteiger partial charge in [-0.15, -0.1) is 0 Å². The number of hydrogen-bond acceptors (Lipinski definition) is 2. The summed E-state index contributed by atoms with van der Waals surface area (Å²) in [6.07, 6.45) is 8.85. The average Bonchev–Trinajstić information content (AvgIpc) is 2.05. The van der Waals surface area contributed by atoms with Gasteiger partial charge in [-0.2, -0.15) is 0 Å². The zero-order valence-electron chi connectivity index (χ0n) is 7.08. The summed E-state index contributed by atoms with van der Waals surface area (Å²) < 4.78 is 5.23. The van der Waals surface area contributed by atoms with Crippen molar-refractivity contribution in [3.63, 3.8) is 0 Å². The van der Waals surface area contributed by atoms with Crippen molar-refractivity contribution < 1.29 is 4.74 Å². The van der Waals surface area contributed by atoms with Gasteiger partial charge in [-0.3, -0.25) is 0 Å². The van der Waals surface area contributed by atoms with Crippen LogP contribution in [0.25, 0.3) is 0 Å². The monoisotopic (exact) mass is 153 g/mol. The second kappa shape index (κ2) is 3.20. The van der Waals surface area contributed by atoms with Crippen LogP contribution in [0.3, 0.4) is 0 Å². The molecule has 1 rings (SSSR count). The summed E-state index contributed by atoms with van der Waals surface area (Å²) in [6, 6.07) is 0. The fourth-order valence-electron chi connectivity index (χ4n) is 1.29. The standard InChI is InChI=1S/C9H15NO/c1-3-9(10)7-5-4-6-8(9)11-2/h4-8H,3,10H2,1-2H3. The van der Waals surface area contributed by atoms with E-state index in [1.807, 2.05) is 24.3 Å². The summed E-state index contributed by atoms with van der Waals surface area (Å²) in [7, 11) is 1.69. The van der Waals surface area contributed by atoms with Gasteiger partial charge in [0.15, 0.2) is 0 Å². The van der Waals surface area contributed by atoms with Crippen molar-refractivity contribution in [3.8, 4) is 0 Å². The minimum absolute atomic E-state index is 0.0255. The van der Waals surface area contributed by atoms with Crippen molar-refractivity contribution in [3.05, 3.63) is 24.3 Å². The minimum Gasteiger partial charge on any atom is -0.375 e. The number of nitrogens with two attached hydrogens (primary N) is 1. The first-order chi connectivity index (χ1) is 5.23. The van der Waals surface area contributed by atoms with Gasteiger partial charge in [0.05, 0.1) is 11.6 Å². The largest absolute Gasteiger partial charge is 0.375 e. The van der Waals surface area contributed by atoms with Gasteiger partial charge in [0.25, 0.3) is 0 Å². The highest BCUT2D eigenvalue weighted by Crippen LogP contribution is 2.20. The van der Waals surface area contributed by atoms with E-state index in [-0.39, 0.29) is 11.6 Å². The second-order valence-corrected chi connectivity index (χ2v) is 2.87. The quantitative estimate of drug-likeness (QED) is 0.647. The minimum atomic E-state index is -0.302. The number of hydrogen-bond donors (Lipinski definition) is 1. The van der Waals surface area contributed by atoms with Gasteiger partial charge < -0.3 is 10.5 Å². The SMILES string of the molecule is CCC1(N)C=CC=CC1OC. The summed E-state index contributed by atoms with van der Waals surface area (Å²) in [5.41, 5.74) is 5.75. The van der Waals surface area contributed by atoms with Crippen LogP contribution in [-0.2, 0) is 4.74 Å². The highest BCUT2D eigenvalue weighted by molar-refractivity contribution is 5.24. The molecule has 1 aliphatic carbocycles. The Morgan fingerprint density at radius 1 is 1.55 bits per heavy atom. The highest BCUT2D eigenvalue weighted by Gasteiger charge is 2.29. The van der Waals surface area contributed by atoms with Crippen LogP contribution in [0.1, 0.15) is 13.3 Å². The molecule has 2 nitrogen and oxygen atoms in total. The second-order valence-electron chi connectivity index (χ2n) is 2.87. The number of rotatable bonds is 2. The summed E-state index contributed by atoms with van der Waals surface area (Å²) in [5, 5.41) is 0. The molecule has 0 aromatic carbocycles. The number of allylic oxidation sites excluding steroid dienone is 2. The van der Waals surface area contributed by atoms with E-state index in [2.05, 4.69) is 6.92 Å². The Morgan fingerprint density at radius 3 is 2.73 bits per heavy atom. The molecule has 0 amide bonds. The predicted molar refractivity (Wildman–Crippen MR) is 46.3 cm³/mol. The third-order valence-corrected chi connectivity index (χ3v) is 2.20. The maximum Gasteiger partial charge on any atom is 0.0970 e. The van der Waals surface area contributed by atoms with E-state index in [9.17, 15) is 0 Å². The first kappa shape index (κ1) is 8.50. The van der Waals surface area contributed by atoms with Crippen LogP contribution in [0, 0.1) is 0 Å². The average molecular weight is 153 g/mol. The molecule has 0 bridgehead atoms. The van der Waals surface area contributed by atoms with Gasteiger partial charge in [-0.25, -0.2) is 0 Å². The molecule has 2 atom stereocenters. The Kier molecular flexibility index (Phi) is 2.47. The van der Waals surface area contributed by atoms with Crippen LogP contribution in [-0.4, -0.2) is 18.8 Å². The molecule has 0 spiro atoms. The Morgan fingerprint density at radius 2 is 2.27 bits per heavy atom. The molecule has 62 valence electrons. The molecule has 0 radical (unpaired) electrons. The Labute approximate surface area is 67.7 Å². The molecular formula is C9H15NO. The van der Waals surface area contributed by atoms with Gasteiger partial charge in [0, 0.05) is 7.11 Å². The van der Waals surface area contributed by atoms with Gasteiger partial charge in [0.1, 0.15) is 0 Å². The van der Waals surface area contributed by atoms with Crippen LogP contribution < -0.4 is 5.73 Å². The van der Waals surface area contributed by atoms with Crippen LogP contribution in [0.5, 0.6) is 0 Å². The lowest BCUT2D eigenvalue weighted by Crippen LogP contribution is -2.49. The van der Waals surface area contributed by atoms with Crippen molar-refractivity contribution in [2.24, 2.45) is 5.73 Å². The molecule has 0 aromatic heterocycles. The van der Waals surface area contributed by atoms with E-state index in [1.165, 1.54) is 0 Å². The molecule has 0 aliphatic heterocycles. The summed E-state index contributed by atoms with van der Waals surface area (Å²) in [5.74, 6) is 0. The van der Waals surface area contributed by atoms with Crippen molar-refractivity contribution in [2.75, 3.05) is 7.11 Å². The molecule has 11 heavy (non-hydrogen) atoms. The fourth-order valence-corrected chi connectivity index (χ4v) is 1.29. The summed E-state index contributed by atoms with van der Waals surface area (Å²) in [4.78, 5) is 0. The Balaban J connectivity index is 2.77.